The fraction of sp³-hybridized carbons (Fsp3) is 0.632. The van der Waals surface area contributed by atoms with Gasteiger partial charge in [-0.05, 0) is 30.9 Å². The van der Waals surface area contributed by atoms with Gasteiger partial charge in [-0.25, -0.2) is 4.79 Å². The number of carbonyl (C=O) groups is 3. The smallest absolute Gasteiger partial charge is 0.318 e. The Kier molecular flexibility index (Phi) is 5.72. The lowest BCUT2D eigenvalue weighted by molar-refractivity contribution is -0.142. The normalized spacial score (nSPS) is 24.9. The summed E-state index contributed by atoms with van der Waals surface area (Å²) in [6.45, 7) is 6.84. The standard InChI is InChI=1S/C19H28N4O4/c1-12(2)7-17-18(25)22-10-14(21-13(3)24)8-15(22)11-23(17)19(26)20-9-16-5-4-6-27-16/h4-6,12,14-15,17H,7-11H2,1-3H3,(H,20,26)(H,21,24). The van der Waals surface area contributed by atoms with Crippen LogP contribution in [0.4, 0.5) is 4.79 Å². The lowest BCUT2D eigenvalue weighted by Gasteiger charge is -2.43. The first-order valence-corrected chi connectivity index (χ1v) is 9.49. The number of carbonyl (C=O) groups excluding carboxylic acids is 3. The number of fused-ring (bicyclic) bond motifs is 1. The van der Waals surface area contributed by atoms with E-state index in [0.29, 0.717) is 31.7 Å². The van der Waals surface area contributed by atoms with E-state index in [4.69, 9.17) is 4.42 Å². The van der Waals surface area contributed by atoms with E-state index in [9.17, 15) is 14.4 Å². The quantitative estimate of drug-likeness (QED) is 0.810. The zero-order valence-electron chi connectivity index (χ0n) is 16.1. The molecule has 2 fully saturated rings. The van der Waals surface area contributed by atoms with E-state index in [1.165, 1.54) is 6.92 Å². The molecule has 4 amide bonds. The fourth-order valence-electron chi connectivity index (χ4n) is 4.01. The predicted molar refractivity (Wildman–Crippen MR) is 98.6 cm³/mol. The second-order valence-corrected chi connectivity index (χ2v) is 7.81. The molecular weight excluding hydrogens is 348 g/mol. The minimum atomic E-state index is -0.478. The van der Waals surface area contributed by atoms with Crippen LogP contribution in [0, 0.1) is 5.92 Å². The van der Waals surface area contributed by atoms with Crippen molar-refractivity contribution in [2.75, 3.05) is 13.1 Å². The van der Waals surface area contributed by atoms with Gasteiger partial charge in [0.2, 0.25) is 11.8 Å². The summed E-state index contributed by atoms with van der Waals surface area (Å²) in [5, 5.41) is 5.75. The number of rotatable bonds is 5. The predicted octanol–water partition coefficient (Wildman–Crippen LogP) is 1.33. The zero-order valence-corrected chi connectivity index (χ0v) is 16.1. The van der Waals surface area contributed by atoms with Crippen LogP contribution in [-0.2, 0) is 16.1 Å². The highest BCUT2D eigenvalue weighted by molar-refractivity contribution is 5.89. The van der Waals surface area contributed by atoms with Gasteiger partial charge in [0.25, 0.3) is 0 Å². The van der Waals surface area contributed by atoms with Crippen LogP contribution in [0.15, 0.2) is 22.8 Å². The highest BCUT2D eigenvalue weighted by Crippen LogP contribution is 2.29. The molecule has 0 spiro atoms. The average Bonchev–Trinajstić information content (AvgIpc) is 3.23. The minimum absolute atomic E-state index is 0.0269. The minimum Gasteiger partial charge on any atom is -0.467 e. The van der Waals surface area contributed by atoms with E-state index in [-0.39, 0.29) is 42.4 Å². The highest BCUT2D eigenvalue weighted by Gasteiger charge is 2.47. The Hall–Kier alpha value is -2.51. The maximum atomic E-state index is 13.1. The summed E-state index contributed by atoms with van der Waals surface area (Å²) in [7, 11) is 0. The number of piperazine rings is 1. The van der Waals surface area contributed by atoms with Gasteiger partial charge in [0.15, 0.2) is 0 Å². The van der Waals surface area contributed by atoms with Gasteiger partial charge in [-0.15, -0.1) is 0 Å². The second-order valence-electron chi connectivity index (χ2n) is 7.81. The molecule has 2 aliphatic rings. The van der Waals surface area contributed by atoms with Crippen molar-refractivity contribution in [1.29, 1.82) is 0 Å². The van der Waals surface area contributed by atoms with Gasteiger partial charge < -0.3 is 24.9 Å². The summed E-state index contributed by atoms with van der Waals surface area (Å²) in [6.07, 6.45) is 2.84. The zero-order chi connectivity index (χ0) is 19.6. The monoisotopic (exact) mass is 376 g/mol. The molecule has 3 unspecified atom stereocenters. The van der Waals surface area contributed by atoms with Crippen LogP contribution in [0.5, 0.6) is 0 Å². The molecular formula is C19H28N4O4. The van der Waals surface area contributed by atoms with Crippen LogP contribution >= 0.6 is 0 Å². The lowest BCUT2D eigenvalue weighted by atomic mass is 9.97. The molecule has 0 aliphatic carbocycles. The van der Waals surface area contributed by atoms with Gasteiger partial charge in [0.05, 0.1) is 18.8 Å². The molecule has 8 heteroatoms. The van der Waals surface area contributed by atoms with Crippen molar-refractivity contribution in [3.05, 3.63) is 24.2 Å². The molecule has 148 valence electrons. The second kappa shape index (κ2) is 8.02. The van der Waals surface area contributed by atoms with Crippen LogP contribution < -0.4 is 10.6 Å². The number of hydrogen-bond donors (Lipinski definition) is 2. The van der Waals surface area contributed by atoms with Gasteiger partial charge in [-0.1, -0.05) is 13.8 Å². The van der Waals surface area contributed by atoms with Crippen LogP contribution in [0.1, 0.15) is 39.4 Å². The van der Waals surface area contributed by atoms with E-state index in [1.807, 2.05) is 18.7 Å². The maximum absolute atomic E-state index is 13.1. The highest BCUT2D eigenvalue weighted by atomic mass is 16.3. The van der Waals surface area contributed by atoms with E-state index < -0.39 is 6.04 Å². The van der Waals surface area contributed by atoms with E-state index in [2.05, 4.69) is 10.6 Å². The van der Waals surface area contributed by atoms with Crippen molar-refractivity contribution >= 4 is 17.8 Å². The average molecular weight is 376 g/mol. The summed E-state index contributed by atoms with van der Waals surface area (Å²) >= 11 is 0. The van der Waals surface area contributed by atoms with Crippen LogP contribution in [0.2, 0.25) is 0 Å². The topological polar surface area (TPSA) is 94.9 Å². The largest absolute Gasteiger partial charge is 0.467 e. The van der Waals surface area contributed by atoms with E-state index >= 15 is 0 Å². The number of nitrogens with zero attached hydrogens (tertiary/aromatic N) is 2. The van der Waals surface area contributed by atoms with Crippen molar-refractivity contribution in [3.8, 4) is 0 Å². The first kappa shape index (κ1) is 19.3. The summed E-state index contributed by atoms with van der Waals surface area (Å²) in [6, 6.07) is 2.71. The molecule has 0 radical (unpaired) electrons. The van der Waals surface area contributed by atoms with Crippen LogP contribution in [0.3, 0.4) is 0 Å². The molecule has 3 rings (SSSR count). The molecule has 2 saturated heterocycles. The molecule has 3 heterocycles. The summed E-state index contributed by atoms with van der Waals surface area (Å²) in [5.41, 5.74) is 0. The lowest BCUT2D eigenvalue weighted by Crippen LogP contribution is -2.63. The summed E-state index contributed by atoms with van der Waals surface area (Å²) in [4.78, 5) is 40.8. The Labute approximate surface area is 159 Å². The number of amides is 4. The maximum Gasteiger partial charge on any atom is 0.318 e. The van der Waals surface area contributed by atoms with Crippen molar-refractivity contribution in [2.45, 2.75) is 58.3 Å². The first-order valence-electron chi connectivity index (χ1n) is 9.49. The Morgan fingerprint density at radius 1 is 1.33 bits per heavy atom. The Morgan fingerprint density at radius 2 is 2.11 bits per heavy atom. The molecule has 27 heavy (non-hydrogen) atoms. The molecule has 0 aromatic carbocycles. The van der Waals surface area contributed by atoms with Crippen LogP contribution in [-0.4, -0.2) is 58.9 Å². The van der Waals surface area contributed by atoms with Gasteiger partial charge in [0.1, 0.15) is 11.8 Å². The number of nitrogens with one attached hydrogen (secondary N) is 2. The van der Waals surface area contributed by atoms with Crippen molar-refractivity contribution in [1.82, 2.24) is 20.4 Å². The SMILES string of the molecule is CC(=O)NC1CC2CN(C(=O)NCc3ccco3)C(CC(C)C)C(=O)N2C1. The summed E-state index contributed by atoms with van der Waals surface area (Å²) in [5.74, 6) is 0.824. The molecule has 2 N–H and O–H groups in total. The van der Waals surface area contributed by atoms with Gasteiger partial charge >= 0.3 is 6.03 Å². The molecule has 0 bridgehead atoms. The molecule has 3 atom stereocenters. The van der Waals surface area contributed by atoms with E-state index in [0.717, 1.165) is 0 Å². The molecule has 1 aromatic rings. The van der Waals surface area contributed by atoms with Crippen LogP contribution in [0.25, 0.3) is 0 Å². The Bertz CT molecular complexity index is 688. The third-order valence-electron chi connectivity index (χ3n) is 5.12. The molecule has 2 aliphatic heterocycles. The first-order chi connectivity index (χ1) is 12.8. The van der Waals surface area contributed by atoms with Gasteiger partial charge in [-0.3, -0.25) is 9.59 Å². The third-order valence-corrected chi connectivity index (χ3v) is 5.12. The molecule has 1 aromatic heterocycles. The van der Waals surface area contributed by atoms with Gasteiger partial charge in [0, 0.05) is 26.1 Å². The van der Waals surface area contributed by atoms with Crippen molar-refractivity contribution < 1.29 is 18.8 Å². The van der Waals surface area contributed by atoms with Crippen molar-refractivity contribution in [3.63, 3.8) is 0 Å². The number of hydrogen-bond acceptors (Lipinski definition) is 4. The Morgan fingerprint density at radius 3 is 2.74 bits per heavy atom. The van der Waals surface area contributed by atoms with Gasteiger partial charge in [-0.2, -0.15) is 0 Å². The number of furan rings is 1. The molecule has 8 nitrogen and oxygen atoms in total. The van der Waals surface area contributed by atoms with E-state index in [1.54, 1.807) is 23.3 Å². The molecule has 0 saturated carbocycles. The summed E-state index contributed by atoms with van der Waals surface area (Å²) < 4.78 is 5.26. The fourth-order valence-corrected chi connectivity index (χ4v) is 4.01. The number of urea groups is 1. The van der Waals surface area contributed by atoms with Crippen molar-refractivity contribution in [2.24, 2.45) is 5.92 Å². The third kappa shape index (κ3) is 4.43. The Balaban J connectivity index is 1.71.